The van der Waals surface area contributed by atoms with Gasteiger partial charge in [0.15, 0.2) is 0 Å². The van der Waals surface area contributed by atoms with E-state index >= 15 is 0 Å². The Balaban J connectivity index is 1.87. The van der Waals surface area contributed by atoms with Gasteiger partial charge in [-0.25, -0.2) is 4.39 Å². The number of nitro groups is 1. The van der Waals surface area contributed by atoms with Crippen molar-refractivity contribution < 1.29 is 18.9 Å². The number of hydrogen-bond acceptors (Lipinski definition) is 5. The second-order valence-corrected chi connectivity index (χ2v) is 9.44. The van der Waals surface area contributed by atoms with E-state index in [4.69, 9.17) is 0 Å². The van der Waals surface area contributed by atoms with Gasteiger partial charge in [-0.05, 0) is 55.5 Å². The molecule has 1 heterocycles. The first kappa shape index (κ1) is 26.0. The molecule has 35 heavy (non-hydrogen) atoms. The molecule has 0 aliphatic heterocycles. The molecule has 0 bridgehead atoms. The minimum Gasteiger partial charge on any atom is -0.332 e. The molecule has 3 aromatic rings. The third-order valence-corrected chi connectivity index (χ3v) is 6.77. The normalized spacial score (nSPS) is 11.7. The molecule has 2 aromatic carbocycles. The molecule has 184 valence electrons. The quantitative estimate of drug-likeness (QED) is 0.271. The van der Waals surface area contributed by atoms with Gasteiger partial charge in [0, 0.05) is 34.7 Å². The van der Waals surface area contributed by atoms with E-state index in [9.17, 15) is 24.1 Å². The van der Waals surface area contributed by atoms with Crippen molar-refractivity contribution in [2.45, 2.75) is 46.3 Å². The summed E-state index contributed by atoms with van der Waals surface area (Å²) in [6.07, 6.45) is 0.607. The number of hydrogen-bond donors (Lipinski definition) is 0. The van der Waals surface area contributed by atoms with Gasteiger partial charge in [0.05, 0.1) is 11.5 Å². The third kappa shape index (κ3) is 6.73. The summed E-state index contributed by atoms with van der Waals surface area (Å²) in [7, 11) is 0. The Morgan fingerprint density at radius 3 is 2.43 bits per heavy atom. The maximum Gasteiger partial charge on any atom is 0.273 e. The number of thiophene rings is 1. The fourth-order valence-electron chi connectivity index (χ4n) is 3.63. The molecule has 0 saturated heterocycles. The zero-order chi connectivity index (χ0) is 25.5. The van der Waals surface area contributed by atoms with E-state index in [2.05, 4.69) is 0 Å². The molecule has 2 amide bonds. The summed E-state index contributed by atoms with van der Waals surface area (Å²) in [4.78, 5) is 41.8. The van der Waals surface area contributed by atoms with Crippen molar-refractivity contribution in [1.82, 2.24) is 9.80 Å². The maximum atomic E-state index is 13.5. The second-order valence-electron chi connectivity index (χ2n) is 8.40. The summed E-state index contributed by atoms with van der Waals surface area (Å²) >= 11 is 1.52. The van der Waals surface area contributed by atoms with E-state index in [1.54, 1.807) is 36.1 Å². The first-order valence-corrected chi connectivity index (χ1v) is 12.2. The van der Waals surface area contributed by atoms with Crippen molar-refractivity contribution in [2.75, 3.05) is 6.54 Å². The number of amides is 2. The van der Waals surface area contributed by atoms with E-state index in [1.807, 2.05) is 31.4 Å². The number of rotatable bonds is 10. The van der Waals surface area contributed by atoms with Gasteiger partial charge in [-0.15, -0.1) is 11.3 Å². The van der Waals surface area contributed by atoms with Gasteiger partial charge < -0.3 is 9.80 Å². The summed E-state index contributed by atoms with van der Waals surface area (Å²) in [6, 6.07) is 13.9. The van der Waals surface area contributed by atoms with Gasteiger partial charge in [0.1, 0.15) is 12.4 Å². The third-order valence-electron chi connectivity index (χ3n) is 5.91. The van der Waals surface area contributed by atoms with Crippen LogP contribution in [-0.4, -0.2) is 39.1 Å². The highest BCUT2D eigenvalue weighted by atomic mass is 32.1. The number of nitrogens with zero attached hydrogens (tertiary/aromatic N) is 3. The molecule has 0 aliphatic carbocycles. The minimum atomic E-state index is -0.518. The zero-order valence-electron chi connectivity index (χ0n) is 19.9. The molecule has 0 saturated carbocycles. The number of benzene rings is 2. The molecule has 0 aliphatic rings. The SMILES string of the molecule is CC[C@@H](C)N(CC(=O)N(Cc1ccc(F)cc1)Cc1cccs1)C(=O)c1ccc(C)c([N+](=O)[O-])c1. The van der Waals surface area contributed by atoms with Crippen molar-refractivity contribution in [3.05, 3.63) is 97.5 Å². The van der Waals surface area contributed by atoms with Crippen LogP contribution in [-0.2, 0) is 17.9 Å². The van der Waals surface area contributed by atoms with Crippen molar-refractivity contribution in [2.24, 2.45) is 0 Å². The maximum absolute atomic E-state index is 13.5. The lowest BCUT2D eigenvalue weighted by atomic mass is 10.1. The standard InChI is InChI=1S/C26H28FN3O4S/c1-4-19(3)29(26(32)21-10-7-18(2)24(14-21)30(33)34)17-25(31)28(16-23-6-5-13-35-23)15-20-8-11-22(27)12-9-20/h5-14,19H,4,15-17H2,1-3H3/t19-/m1/s1. The van der Waals surface area contributed by atoms with E-state index < -0.39 is 10.8 Å². The Kier molecular flexibility index (Phi) is 8.70. The molecule has 9 heteroatoms. The van der Waals surface area contributed by atoms with Crippen LogP contribution in [0, 0.1) is 22.9 Å². The van der Waals surface area contributed by atoms with Gasteiger partial charge >= 0.3 is 0 Å². The molecule has 0 radical (unpaired) electrons. The van der Waals surface area contributed by atoms with Crippen LogP contribution in [0.4, 0.5) is 10.1 Å². The topological polar surface area (TPSA) is 83.8 Å². The van der Waals surface area contributed by atoms with Crippen LogP contribution in [0.3, 0.4) is 0 Å². The molecular weight excluding hydrogens is 469 g/mol. The van der Waals surface area contributed by atoms with Crippen LogP contribution in [0.1, 0.15) is 46.6 Å². The van der Waals surface area contributed by atoms with Gasteiger partial charge in [-0.3, -0.25) is 19.7 Å². The summed E-state index contributed by atoms with van der Waals surface area (Å²) < 4.78 is 13.4. The first-order valence-electron chi connectivity index (χ1n) is 11.3. The van der Waals surface area contributed by atoms with Crippen LogP contribution in [0.25, 0.3) is 0 Å². The minimum absolute atomic E-state index is 0.137. The average molecular weight is 498 g/mol. The van der Waals surface area contributed by atoms with Gasteiger partial charge in [-0.2, -0.15) is 0 Å². The molecular formula is C26H28FN3O4S. The highest BCUT2D eigenvalue weighted by molar-refractivity contribution is 7.09. The molecule has 0 unspecified atom stereocenters. The monoisotopic (exact) mass is 497 g/mol. The lowest BCUT2D eigenvalue weighted by Gasteiger charge is -2.31. The number of nitro benzene ring substituents is 1. The van der Waals surface area contributed by atoms with Crippen molar-refractivity contribution in [3.8, 4) is 0 Å². The number of carbonyl (C=O) groups excluding carboxylic acids is 2. The van der Waals surface area contributed by atoms with Crippen molar-refractivity contribution >= 4 is 28.8 Å². The van der Waals surface area contributed by atoms with Gasteiger partial charge in [0.2, 0.25) is 5.91 Å². The summed E-state index contributed by atoms with van der Waals surface area (Å²) in [6.45, 7) is 5.80. The van der Waals surface area contributed by atoms with Crippen LogP contribution in [0.5, 0.6) is 0 Å². The predicted molar refractivity (Wildman–Crippen MR) is 134 cm³/mol. The fraction of sp³-hybridized carbons (Fsp3) is 0.308. The van der Waals surface area contributed by atoms with Crippen molar-refractivity contribution in [1.29, 1.82) is 0 Å². The number of halogens is 1. The van der Waals surface area contributed by atoms with Gasteiger partial charge in [-0.1, -0.05) is 31.2 Å². The van der Waals surface area contributed by atoms with Gasteiger partial charge in [0.25, 0.3) is 11.6 Å². The largest absolute Gasteiger partial charge is 0.332 e. The van der Waals surface area contributed by atoms with E-state index in [0.717, 1.165) is 10.4 Å². The first-order chi connectivity index (χ1) is 16.7. The molecule has 3 rings (SSSR count). The van der Waals surface area contributed by atoms with Crippen LogP contribution in [0.2, 0.25) is 0 Å². The summed E-state index contributed by atoms with van der Waals surface area (Å²) in [5.41, 5.74) is 1.26. The van der Waals surface area contributed by atoms with Crippen LogP contribution < -0.4 is 0 Å². The Hall–Kier alpha value is -3.59. The number of aryl methyl sites for hydroxylation is 1. The highest BCUT2D eigenvalue weighted by Crippen LogP contribution is 2.22. The van der Waals surface area contributed by atoms with Crippen molar-refractivity contribution in [3.63, 3.8) is 0 Å². The van der Waals surface area contributed by atoms with E-state index in [1.165, 1.54) is 34.4 Å². The smallest absolute Gasteiger partial charge is 0.273 e. The lowest BCUT2D eigenvalue weighted by molar-refractivity contribution is -0.385. The molecule has 0 fully saturated rings. The predicted octanol–water partition coefficient (Wildman–Crippen LogP) is 5.57. The zero-order valence-corrected chi connectivity index (χ0v) is 20.8. The Labute approximate surface area is 207 Å². The number of carbonyl (C=O) groups is 2. The average Bonchev–Trinajstić information content (AvgIpc) is 3.35. The lowest BCUT2D eigenvalue weighted by Crippen LogP contribution is -2.46. The molecule has 0 spiro atoms. The van der Waals surface area contributed by atoms with E-state index in [0.29, 0.717) is 18.5 Å². The molecule has 1 atom stereocenters. The van der Waals surface area contributed by atoms with E-state index in [-0.39, 0.29) is 42.1 Å². The van der Waals surface area contributed by atoms with Crippen LogP contribution >= 0.6 is 11.3 Å². The Bertz CT molecular complexity index is 1180. The summed E-state index contributed by atoms with van der Waals surface area (Å²) in [5.74, 6) is -1.06. The molecule has 0 N–H and O–H groups in total. The highest BCUT2D eigenvalue weighted by Gasteiger charge is 2.27. The van der Waals surface area contributed by atoms with Crippen LogP contribution in [0.15, 0.2) is 60.0 Å². The molecule has 1 aromatic heterocycles. The fourth-order valence-corrected chi connectivity index (χ4v) is 4.35. The second kappa shape index (κ2) is 11.7. The molecule has 7 nitrogen and oxygen atoms in total. The summed E-state index contributed by atoms with van der Waals surface area (Å²) in [5, 5.41) is 13.3. The Morgan fingerprint density at radius 2 is 1.83 bits per heavy atom. The Morgan fingerprint density at radius 1 is 1.11 bits per heavy atom.